The van der Waals surface area contributed by atoms with Crippen LogP contribution >= 0.6 is 7.82 Å². The molecule has 0 aromatic rings. The van der Waals surface area contributed by atoms with Crippen LogP contribution in [0.3, 0.4) is 0 Å². The van der Waals surface area contributed by atoms with Gasteiger partial charge in [0.2, 0.25) is 0 Å². The second kappa shape index (κ2) is 37.7. The molecule has 0 rings (SSSR count). The summed E-state index contributed by atoms with van der Waals surface area (Å²) in [5.74, 6) is -0.854. The fourth-order valence-corrected chi connectivity index (χ4v) is 5.98. The lowest BCUT2D eigenvalue weighted by molar-refractivity contribution is -0.161. The van der Waals surface area contributed by atoms with Crippen LogP contribution in [0.4, 0.5) is 0 Å². The van der Waals surface area contributed by atoms with Gasteiger partial charge in [0.15, 0.2) is 6.10 Å². The molecule has 0 heterocycles. The van der Waals surface area contributed by atoms with Crippen LogP contribution in [0, 0.1) is 0 Å². The quantitative estimate of drug-likeness (QED) is 0.0276. The van der Waals surface area contributed by atoms with Gasteiger partial charge in [-0.05, 0) is 64.2 Å². The van der Waals surface area contributed by atoms with Crippen LogP contribution < -0.4 is 5.73 Å². The predicted molar refractivity (Wildman–Crippen MR) is 210 cm³/mol. The summed E-state index contributed by atoms with van der Waals surface area (Å²) in [5.41, 5.74) is 5.34. The van der Waals surface area contributed by atoms with Gasteiger partial charge in [-0.1, -0.05) is 140 Å². The maximum Gasteiger partial charge on any atom is 0.472 e. The lowest BCUT2D eigenvalue weighted by Gasteiger charge is -2.19. The lowest BCUT2D eigenvalue weighted by atomic mass is 10.1. The highest BCUT2D eigenvalue weighted by molar-refractivity contribution is 7.47. The summed E-state index contributed by atoms with van der Waals surface area (Å²) < 4.78 is 32.7. The molecule has 1 unspecified atom stereocenters. The Morgan fingerprint density at radius 3 is 1.63 bits per heavy atom. The molecule has 0 bridgehead atoms. The Morgan fingerprint density at radius 1 is 0.608 bits per heavy atom. The van der Waals surface area contributed by atoms with E-state index in [9.17, 15) is 19.0 Å². The first-order chi connectivity index (χ1) is 24.8. The zero-order valence-electron chi connectivity index (χ0n) is 32.3. The van der Waals surface area contributed by atoms with Crippen LogP contribution in [-0.4, -0.2) is 49.3 Å². The molecule has 3 N–H and O–H groups in total. The molecule has 10 heteroatoms. The number of allylic oxidation sites excluding steroid dienone is 8. The number of nitrogens with two attached hydrogens (primary N) is 1. The maximum absolute atomic E-state index is 12.5. The summed E-state index contributed by atoms with van der Waals surface area (Å²) in [6.07, 6.45) is 41.3. The number of unbranched alkanes of at least 4 members (excludes halogenated alkanes) is 16. The van der Waals surface area contributed by atoms with E-state index in [0.717, 1.165) is 70.6 Å². The average Bonchev–Trinajstić information content (AvgIpc) is 3.11. The van der Waals surface area contributed by atoms with Crippen LogP contribution in [-0.2, 0) is 32.7 Å². The summed E-state index contributed by atoms with van der Waals surface area (Å²) in [4.78, 5) is 34.8. The highest BCUT2D eigenvalue weighted by atomic mass is 31.2. The van der Waals surface area contributed by atoms with Crippen molar-refractivity contribution in [1.29, 1.82) is 0 Å². The van der Waals surface area contributed by atoms with Crippen LogP contribution in [0.1, 0.15) is 168 Å². The topological polar surface area (TPSA) is 134 Å². The normalized spacial score (nSPS) is 13.9. The van der Waals surface area contributed by atoms with Crippen molar-refractivity contribution in [2.24, 2.45) is 5.73 Å². The molecule has 0 spiro atoms. The number of phosphoric ester groups is 1. The second-order valence-electron chi connectivity index (χ2n) is 13.1. The van der Waals surface area contributed by atoms with Crippen LogP contribution in [0.15, 0.2) is 48.6 Å². The van der Waals surface area contributed by atoms with E-state index in [1.807, 2.05) is 0 Å². The van der Waals surface area contributed by atoms with E-state index >= 15 is 0 Å². The third-order valence-corrected chi connectivity index (χ3v) is 9.18. The van der Waals surface area contributed by atoms with Crippen molar-refractivity contribution in [1.82, 2.24) is 0 Å². The average molecular weight is 740 g/mol. The van der Waals surface area contributed by atoms with Crippen molar-refractivity contribution in [3.05, 3.63) is 48.6 Å². The van der Waals surface area contributed by atoms with Gasteiger partial charge >= 0.3 is 19.8 Å². The second-order valence-corrected chi connectivity index (χ2v) is 14.6. The summed E-state index contributed by atoms with van der Waals surface area (Å²) in [6.45, 7) is 3.56. The molecule has 0 radical (unpaired) electrons. The van der Waals surface area contributed by atoms with E-state index in [2.05, 4.69) is 62.5 Å². The van der Waals surface area contributed by atoms with Crippen molar-refractivity contribution in [2.75, 3.05) is 26.4 Å². The van der Waals surface area contributed by atoms with Crippen molar-refractivity contribution in [3.8, 4) is 0 Å². The standard InChI is InChI=1S/C41H74NO8P/c1-3-5-7-9-11-13-15-17-19-21-23-25-27-29-31-33-40(43)47-37-39(38-49-51(45,46)48-36-35-42)50-41(44)34-32-30-28-26-24-22-20-18-16-14-12-10-8-6-4-2/h5,7,10-13,17,19,39H,3-4,6,8-9,14-16,18,20-38,42H2,1-2H3,(H,45,46)/b7-5+,12-10+,13-11+,19-17+/t39-/m1/s1. The smallest absolute Gasteiger partial charge is 0.462 e. The zero-order chi connectivity index (χ0) is 37.5. The van der Waals surface area contributed by atoms with E-state index in [1.54, 1.807) is 0 Å². The molecule has 0 aliphatic heterocycles. The van der Waals surface area contributed by atoms with E-state index in [4.69, 9.17) is 24.3 Å². The van der Waals surface area contributed by atoms with Crippen molar-refractivity contribution < 1.29 is 37.6 Å². The molecule has 0 aliphatic rings. The molecule has 0 aromatic heterocycles. The Bertz CT molecular complexity index is 981. The molecule has 0 amide bonds. The van der Waals surface area contributed by atoms with Gasteiger partial charge in [-0.3, -0.25) is 18.6 Å². The predicted octanol–water partition coefficient (Wildman–Crippen LogP) is 11.2. The molecular formula is C41H74NO8P. The first kappa shape index (κ1) is 49.0. The molecule has 2 atom stereocenters. The highest BCUT2D eigenvalue weighted by Crippen LogP contribution is 2.43. The zero-order valence-corrected chi connectivity index (χ0v) is 33.2. The Hall–Kier alpha value is -2.03. The number of hydrogen-bond acceptors (Lipinski definition) is 8. The number of carbonyl (C=O) groups is 2. The van der Waals surface area contributed by atoms with E-state index in [1.165, 1.54) is 57.8 Å². The third-order valence-electron chi connectivity index (χ3n) is 8.20. The monoisotopic (exact) mass is 740 g/mol. The summed E-state index contributed by atoms with van der Waals surface area (Å²) in [6, 6.07) is 0. The molecule has 0 saturated heterocycles. The van der Waals surface area contributed by atoms with Gasteiger partial charge in [-0.2, -0.15) is 0 Å². The fraction of sp³-hybridized carbons (Fsp3) is 0.756. The van der Waals surface area contributed by atoms with Crippen molar-refractivity contribution in [3.63, 3.8) is 0 Å². The third kappa shape index (κ3) is 37.5. The van der Waals surface area contributed by atoms with Gasteiger partial charge in [0, 0.05) is 19.4 Å². The molecule has 0 aromatic carbocycles. The summed E-state index contributed by atoms with van der Waals surface area (Å²) in [7, 11) is -4.38. The molecular weight excluding hydrogens is 665 g/mol. The van der Waals surface area contributed by atoms with Gasteiger partial charge in [0.25, 0.3) is 0 Å². The molecule has 0 fully saturated rings. The van der Waals surface area contributed by atoms with E-state index < -0.39 is 32.5 Å². The number of ether oxygens (including phenoxy) is 2. The van der Waals surface area contributed by atoms with Gasteiger partial charge in [-0.25, -0.2) is 4.57 Å². The Kier molecular flexibility index (Phi) is 36.2. The highest BCUT2D eigenvalue weighted by Gasteiger charge is 2.25. The molecule has 0 aliphatic carbocycles. The van der Waals surface area contributed by atoms with Gasteiger partial charge in [0.1, 0.15) is 6.61 Å². The Morgan fingerprint density at radius 2 is 1.08 bits per heavy atom. The summed E-state index contributed by atoms with van der Waals surface area (Å²) in [5, 5.41) is 0. The van der Waals surface area contributed by atoms with Crippen LogP contribution in [0.5, 0.6) is 0 Å². The van der Waals surface area contributed by atoms with Crippen LogP contribution in [0.2, 0.25) is 0 Å². The molecule has 296 valence electrons. The van der Waals surface area contributed by atoms with Gasteiger partial charge in [0.05, 0.1) is 13.2 Å². The number of carbonyl (C=O) groups excluding carboxylic acids is 2. The molecule has 9 nitrogen and oxygen atoms in total. The van der Waals surface area contributed by atoms with E-state index in [0.29, 0.717) is 12.8 Å². The van der Waals surface area contributed by atoms with Gasteiger partial charge in [-0.15, -0.1) is 0 Å². The minimum atomic E-state index is -4.38. The minimum Gasteiger partial charge on any atom is -0.462 e. The number of rotatable bonds is 37. The lowest BCUT2D eigenvalue weighted by Crippen LogP contribution is -2.29. The number of phosphoric acid groups is 1. The van der Waals surface area contributed by atoms with Gasteiger partial charge < -0.3 is 20.1 Å². The molecule has 0 saturated carbocycles. The Labute approximate surface area is 311 Å². The number of esters is 2. The maximum atomic E-state index is 12.5. The minimum absolute atomic E-state index is 0.0491. The SMILES string of the molecule is CC/C=C/C/C=C/C/C=C/CCCCCCCC(=O)OC[C@H](COP(=O)(O)OCCN)OC(=O)CCCCCCCCCCC/C=C/CCCC. The van der Waals surface area contributed by atoms with Crippen molar-refractivity contribution >= 4 is 19.8 Å². The summed E-state index contributed by atoms with van der Waals surface area (Å²) >= 11 is 0. The molecule has 51 heavy (non-hydrogen) atoms. The Balaban J connectivity index is 4.22. The first-order valence-electron chi connectivity index (χ1n) is 20.1. The first-order valence-corrected chi connectivity index (χ1v) is 21.6. The number of hydrogen-bond donors (Lipinski definition) is 2. The fourth-order valence-electron chi connectivity index (χ4n) is 5.22. The van der Waals surface area contributed by atoms with Crippen LogP contribution in [0.25, 0.3) is 0 Å². The van der Waals surface area contributed by atoms with Crippen molar-refractivity contribution in [2.45, 2.75) is 174 Å². The largest absolute Gasteiger partial charge is 0.472 e. The van der Waals surface area contributed by atoms with E-state index in [-0.39, 0.29) is 32.6 Å².